The molecule has 1 rings (SSSR count). The van der Waals surface area contributed by atoms with Crippen LogP contribution in [0.1, 0.15) is 32.4 Å². The molecule has 0 aliphatic rings. The molecule has 0 bridgehead atoms. The normalized spacial score (nSPS) is 14.7. The lowest BCUT2D eigenvalue weighted by Crippen LogP contribution is -2.37. The Labute approximate surface area is 117 Å². The van der Waals surface area contributed by atoms with Gasteiger partial charge in [0.1, 0.15) is 0 Å². The van der Waals surface area contributed by atoms with Crippen molar-refractivity contribution in [2.24, 2.45) is 11.1 Å². The lowest BCUT2D eigenvalue weighted by atomic mass is 9.82. The summed E-state index contributed by atoms with van der Waals surface area (Å²) in [5.41, 5.74) is 5.22. The van der Waals surface area contributed by atoms with Gasteiger partial charge in [-0.2, -0.15) is 0 Å². The molecule has 1 aromatic rings. The number of nitrogens with two attached hydrogens (primary N) is 1. The number of nitrogens with zero attached hydrogens (tertiary/aromatic N) is 1. The van der Waals surface area contributed by atoms with E-state index in [1.807, 2.05) is 0 Å². The number of hydrogen-bond donors (Lipinski definition) is 3. The topological polar surface area (TPSA) is 119 Å². The van der Waals surface area contributed by atoms with Gasteiger partial charge in [-0.25, -0.2) is 0 Å². The number of methoxy groups -OCH3 is 1. The lowest BCUT2D eigenvalue weighted by molar-refractivity contribution is -0.385. The Morgan fingerprint density at radius 2 is 1.95 bits per heavy atom. The number of nitro groups is 1. The van der Waals surface area contributed by atoms with Gasteiger partial charge in [0.25, 0.3) is 5.69 Å². The molecular formula is C13H20N2O5. The lowest BCUT2D eigenvalue weighted by Gasteiger charge is -2.31. The molecule has 2 atom stereocenters. The molecule has 0 amide bonds. The van der Waals surface area contributed by atoms with E-state index in [0.29, 0.717) is 0 Å². The number of phenols is 1. The minimum absolute atomic E-state index is 0.0502. The van der Waals surface area contributed by atoms with Crippen LogP contribution in [0.4, 0.5) is 5.69 Å². The van der Waals surface area contributed by atoms with Crippen LogP contribution in [0.25, 0.3) is 0 Å². The van der Waals surface area contributed by atoms with Crippen molar-refractivity contribution in [2.45, 2.75) is 32.9 Å². The fourth-order valence-corrected chi connectivity index (χ4v) is 1.84. The summed E-state index contributed by atoms with van der Waals surface area (Å²) in [5, 5.41) is 31.1. The predicted molar refractivity (Wildman–Crippen MR) is 73.7 cm³/mol. The number of rotatable bonds is 4. The highest BCUT2D eigenvalue weighted by atomic mass is 16.6. The Balaban J connectivity index is 3.36. The summed E-state index contributed by atoms with van der Waals surface area (Å²) in [6.07, 6.45) is -0.986. The van der Waals surface area contributed by atoms with Gasteiger partial charge >= 0.3 is 0 Å². The van der Waals surface area contributed by atoms with E-state index >= 15 is 0 Å². The second-order valence-corrected chi connectivity index (χ2v) is 5.68. The van der Waals surface area contributed by atoms with Gasteiger partial charge in [0, 0.05) is 11.6 Å². The maximum absolute atomic E-state index is 10.9. The van der Waals surface area contributed by atoms with E-state index in [0.717, 1.165) is 12.1 Å². The first kappa shape index (κ1) is 16.2. The molecule has 0 saturated heterocycles. The van der Waals surface area contributed by atoms with E-state index in [2.05, 4.69) is 0 Å². The number of aliphatic hydroxyl groups is 1. The van der Waals surface area contributed by atoms with E-state index in [-0.39, 0.29) is 22.7 Å². The van der Waals surface area contributed by atoms with Gasteiger partial charge in [-0.1, -0.05) is 20.8 Å². The molecule has 0 fully saturated rings. The minimum atomic E-state index is -0.986. The van der Waals surface area contributed by atoms with E-state index in [1.165, 1.54) is 7.11 Å². The molecule has 0 radical (unpaired) electrons. The smallest absolute Gasteiger partial charge is 0.273 e. The molecule has 20 heavy (non-hydrogen) atoms. The van der Waals surface area contributed by atoms with E-state index in [9.17, 15) is 20.3 Å². The fraction of sp³-hybridized carbons (Fsp3) is 0.538. The Morgan fingerprint density at radius 1 is 1.40 bits per heavy atom. The third kappa shape index (κ3) is 3.17. The molecule has 112 valence electrons. The summed E-state index contributed by atoms with van der Waals surface area (Å²) >= 11 is 0. The number of aliphatic hydroxyl groups excluding tert-OH is 1. The largest absolute Gasteiger partial charge is 0.504 e. The Bertz CT molecular complexity index is 510. The number of aromatic hydroxyl groups is 1. The molecule has 0 saturated carbocycles. The summed E-state index contributed by atoms with van der Waals surface area (Å²) in [7, 11) is 1.29. The number of benzene rings is 1. The standard InChI is InChI=1S/C13H20N2O5/c1-13(2,3)12(17)10(14)8-5-7(15(18)19)6-9(20-4)11(8)16/h5-6,10,12,16-17H,14H2,1-4H3/t10-,12-/m1/s1. The summed E-state index contributed by atoms with van der Waals surface area (Å²) in [5.74, 6) is -0.348. The number of phenolic OH excluding ortho intramolecular Hbond substituents is 1. The zero-order valence-corrected chi connectivity index (χ0v) is 12.0. The molecule has 4 N–H and O–H groups in total. The van der Waals surface area contributed by atoms with E-state index in [4.69, 9.17) is 10.5 Å². The number of non-ortho nitro benzene ring substituents is 1. The summed E-state index contributed by atoms with van der Waals surface area (Å²) in [6.45, 7) is 5.34. The highest BCUT2D eigenvalue weighted by molar-refractivity contribution is 5.54. The monoisotopic (exact) mass is 284 g/mol. The van der Waals surface area contributed by atoms with Crippen LogP contribution in [0, 0.1) is 15.5 Å². The number of ether oxygens (including phenoxy) is 1. The van der Waals surface area contributed by atoms with Crippen molar-refractivity contribution in [3.8, 4) is 11.5 Å². The quantitative estimate of drug-likeness (QED) is 0.572. The third-order valence-corrected chi connectivity index (χ3v) is 3.11. The second kappa shape index (κ2) is 5.64. The molecule has 1 aromatic carbocycles. The van der Waals surface area contributed by atoms with Crippen LogP contribution >= 0.6 is 0 Å². The van der Waals surface area contributed by atoms with Gasteiger partial charge in [0.05, 0.1) is 30.2 Å². The van der Waals surface area contributed by atoms with Crippen molar-refractivity contribution in [3.05, 3.63) is 27.8 Å². The molecule has 0 aliphatic heterocycles. The van der Waals surface area contributed by atoms with Crippen molar-refractivity contribution >= 4 is 5.69 Å². The molecule has 0 heterocycles. The summed E-state index contributed by atoms with van der Waals surface area (Å²) < 4.78 is 4.90. The van der Waals surface area contributed by atoms with Crippen molar-refractivity contribution in [2.75, 3.05) is 7.11 Å². The Kier molecular flexibility index (Phi) is 4.57. The maximum Gasteiger partial charge on any atom is 0.273 e. The molecule has 0 unspecified atom stereocenters. The van der Waals surface area contributed by atoms with Crippen LogP contribution in [-0.2, 0) is 0 Å². The summed E-state index contributed by atoms with van der Waals surface area (Å²) in [6, 6.07) is 1.29. The molecule has 7 heteroatoms. The summed E-state index contributed by atoms with van der Waals surface area (Å²) in [4.78, 5) is 10.3. The van der Waals surface area contributed by atoms with E-state index in [1.54, 1.807) is 20.8 Å². The molecular weight excluding hydrogens is 264 g/mol. The van der Waals surface area contributed by atoms with Crippen LogP contribution in [0.2, 0.25) is 0 Å². The van der Waals surface area contributed by atoms with Crippen molar-refractivity contribution in [1.29, 1.82) is 0 Å². The van der Waals surface area contributed by atoms with Crippen LogP contribution in [-0.4, -0.2) is 28.4 Å². The van der Waals surface area contributed by atoms with Gasteiger partial charge < -0.3 is 20.7 Å². The van der Waals surface area contributed by atoms with Gasteiger partial charge in [0.2, 0.25) is 0 Å². The number of hydrogen-bond acceptors (Lipinski definition) is 6. The highest BCUT2D eigenvalue weighted by Crippen LogP contribution is 2.40. The Hall–Kier alpha value is -1.86. The fourth-order valence-electron chi connectivity index (χ4n) is 1.84. The molecule has 0 aliphatic carbocycles. The molecule has 7 nitrogen and oxygen atoms in total. The average molecular weight is 284 g/mol. The van der Waals surface area contributed by atoms with Crippen molar-refractivity contribution < 1.29 is 19.9 Å². The van der Waals surface area contributed by atoms with E-state index < -0.39 is 22.5 Å². The minimum Gasteiger partial charge on any atom is -0.504 e. The average Bonchev–Trinajstić information content (AvgIpc) is 2.35. The predicted octanol–water partition coefficient (Wildman–Crippen LogP) is 1.72. The molecule has 0 aromatic heterocycles. The zero-order valence-electron chi connectivity index (χ0n) is 12.0. The van der Waals surface area contributed by atoms with Crippen molar-refractivity contribution in [1.82, 2.24) is 0 Å². The first-order chi connectivity index (χ1) is 9.09. The zero-order chi connectivity index (χ0) is 15.7. The van der Waals surface area contributed by atoms with Gasteiger partial charge in [-0.3, -0.25) is 10.1 Å². The van der Waals surface area contributed by atoms with Gasteiger partial charge in [-0.05, 0) is 5.41 Å². The third-order valence-electron chi connectivity index (χ3n) is 3.11. The second-order valence-electron chi connectivity index (χ2n) is 5.68. The van der Waals surface area contributed by atoms with Crippen LogP contribution < -0.4 is 10.5 Å². The van der Waals surface area contributed by atoms with Crippen LogP contribution in [0.15, 0.2) is 12.1 Å². The van der Waals surface area contributed by atoms with Gasteiger partial charge in [-0.15, -0.1) is 0 Å². The van der Waals surface area contributed by atoms with Crippen LogP contribution in [0.3, 0.4) is 0 Å². The maximum atomic E-state index is 10.9. The first-order valence-electron chi connectivity index (χ1n) is 6.08. The number of nitro benzene ring substituents is 1. The Morgan fingerprint density at radius 3 is 2.35 bits per heavy atom. The highest BCUT2D eigenvalue weighted by Gasteiger charge is 2.32. The SMILES string of the molecule is COc1cc([N+](=O)[O-])cc([C@@H](N)[C@@H](O)C(C)(C)C)c1O. The molecule has 0 spiro atoms. The van der Waals surface area contributed by atoms with Crippen LogP contribution in [0.5, 0.6) is 11.5 Å². The first-order valence-corrected chi connectivity index (χ1v) is 6.08. The van der Waals surface area contributed by atoms with Gasteiger partial charge in [0.15, 0.2) is 11.5 Å². The van der Waals surface area contributed by atoms with Crippen molar-refractivity contribution in [3.63, 3.8) is 0 Å².